The Bertz CT molecular complexity index is 674. The van der Waals surface area contributed by atoms with E-state index in [4.69, 9.17) is 4.74 Å². The molecule has 26 heavy (non-hydrogen) atoms. The summed E-state index contributed by atoms with van der Waals surface area (Å²) >= 11 is 0. The summed E-state index contributed by atoms with van der Waals surface area (Å²) in [7, 11) is 0. The van der Waals surface area contributed by atoms with E-state index in [0.717, 1.165) is 5.56 Å². The minimum Gasteiger partial charge on any atom is -0.445 e. The molecular weight excluding hydrogens is 328 g/mol. The lowest BCUT2D eigenvalue weighted by molar-refractivity contribution is -0.121. The van der Waals surface area contributed by atoms with Crippen molar-refractivity contribution in [2.24, 2.45) is 0 Å². The van der Waals surface area contributed by atoms with Crippen LogP contribution < -0.4 is 10.6 Å². The van der Waals surface area contributed by atoms with Crippen molar-refractivity contribution in [2.45, 2.75) is 32.3 Å². The Morgan fingerprint density at radius 1 is 0.962 bits per heavy atom. The highest BCUT2D eigenvalue weighted by atomic mass is 16.5. The van der Waals surface area contributed by atoms with Crippen LogP contribution in [0.4, 0.5) is 4.79 Å². The average molecular weight is 354 g/mol. The van der Waals surface area contributed by atoms with Crippen LogP contribution in [0.5, 0.6) is 0 Å². The Hall–Kier alpha value is -2.82. The molecule has 0 aromatic heterocycles. The van der Waals surface area contributed by atoms with E-state index in [1.807, 2.05) is 48.5 Å². The van der Waals surface area contributed by atoms with E-state index in [0.29, 0.717) is 25.9 Å². The van der Waals surface area contributed by atoms with Gasteiger partial charge in [-0.15, -0.1) is 0 Å². The molecule has 0 fully saturated rings. The zero-order chi connectivity index (χ0) is 18.6. The van der Waals surface area contributed by atoms with Gasteiger partial charge in [-0.25, -0.2) is 4.79 Å². The summed E-state index contributed by atoms with van der Waals surface area (Å²) in [6.07, 6.45) is 0.485. The monoisotopic (exact) mass is 354 g/mol. The van der Waals surface area contributed by atoms with E-state index in [1.165, 1.54) is 5.56 Å². The Kier molecular flexibility index (Phi) is 8.19. The molecule has 2 aromatic carbocycles. The molecule has 0 aliphatic rings. The number of amides is 2. The predicted octanol–water partition coefficient (Wildman–Crippen LogP) is 3.61. The number of benzene rings is 2. The third kappa shape index (κ3) is 7.38. The smallest absolute Gasteiger partial charge is 0.407 e. The maximum absolute atomic E-state index is 11.9. The van der Waals surface area contributed by atoms with Crippen molar-refractivity contribution in [3.8, 4) is 0 Å². The van der Waals surface area contributed by atoms with Crippen molar-refractivity contribution in [2.75, 3.05) is 13.1 Å². The van der Waals surface area contributed by atoms with Crippen molar-refractivity contribution in [3.05, 3.63) is 71.8 Å². The molecule has 2 rings (SSSR count). The van der Waals surface area contributed by atoms with E-state index in [-0.39, 0.29) is 18.4 Å². The van der Waals surface area contributed by atoms with Crippen LogP contribution in [0.3, 0.4) is 0 Å². The topological polar surface area (TPSA) is 67.4 Å². The summed E-state index contributed by atoms with van der Waals surface area (Å²) in [5, 5.41) is 5.59. The van der Waals surface area contributed by atoms with E-state index in [9.17, 15) is 9.59 Å². The van der Waals surface area contributed by atoms with Gasteiger partial charge < -0.3 is 15.4 Å². The third-order valence-corrected chi connectivity index (χ3v) is 4.04. The molecule has 0 spiro atoms. The van der Waals surface area contributed by atoms with Crippen LogP contribution in [0.15, 0.2) is 60.7 Å². The van der Waals surface area contributed by atoms with Crippen molar-refractivity contribution in [3.63, 3.8) is 0 Å². The van der Waals surface area contributed by atoms with Gasteiger partial charge in [0.1, 0.15) is 6.61 Å². The van der Waals surface area contributed by atoms with Crippen molar-refractivity contribution in [1.29, 1.82) is 0 Å². The van der Waals surface area contributed by atoms with Crippen LogP contribution in [0.25, 0.3) is 0 Å². The van der Waals surface area contributed by atoms with Gasteiger partial charge >= 0.3 is 6.09 Å². The van der Waals surface area contributed by atoms with Gasteiger partial charge in [-0.1, -0.05) is 67.6 Å². The van der Waals surface area contributed by atoms with Gasteiger partial charge in [-0.05, 0) is 23.5 Å². The van der Waals surface area contributed by atoms with E-state index >= 15 is 0 Å². The maximum atomic E-state index is 11.9. The zero-order valence-corrected chi connectivity index (χ0v) is 15.1. The van der Waals surface area contributed by atoms with Crippen LogP contribution >= 0.6 is 0 Å². The Morgan fingerprint density at radius 2 is 1.62 bits per heavy atom. The van der Waals surface area contributed by atoms with Crippen molar-refractivity contribution >= 4 is 12.0 Å². The number of nitrogens with one attached hydrogen (secondary N) is 2. The minimum atomic E-state index is -0.466. The lowest BCUT2D eigenvalue weighted by Gasteiger charge is -2.13. The predicted molar refractivity (Wildman–Crippen MR) is 102 cm³/mol. The van der Waals surface area contributed by atoms with E-state index < -0.39 is 6.09 Å². The first-order valence-electron chi connectivity index (χ1n) is 8.91. The second kappa shape index (κ2) is 10.9. The Morgan fingerprint density at radius 3 is 2.31 bits per heavy atom. The molecule has 5 nitrogen and oxygen atoms in total. The fourth-order valence-electron chi connectivity index (χ4n) is 2.47. The molecule has 2 N–H and O–H groups in total. The molecule has 2 aromatic rings. The third-order valence-electron chi connectivity index (χ3n) is 4.04. The minimum absolute atomic E-state index is 0.00719. The fourth-order valence-corrected chi connectivity index (χ4v) is 2.47. The number of carbonyl (C=O) groups excluding carboxylic acids is 2. The normalized spacial score (nSPS) is 11.4. The van der Waals surface area contributed by atoms with Gasteiger partial charge in [0.2, 0.25) is 5.91 Å². The number of ether oxygens (including phenoxy) is 1. The quantitative estimate of drug-likeness (QED) is 0.676. The number of hydrogen-bond donors (Lipinski definition) is 2. The first-order chi connectivity index (χ1) is 12.6. The van der Waals surface area contributed by atoms with Crippen molar-refractivity contribution in [1.82, 2.24) is 10.6 Å². The fraction of sp³-hybridized carbons (Fsp3) is 0.333. The first kappa shape index (κ1) is 19.5. The molecule has 0 heterocycles. The van der Waals surface area contributed by atoms with Crippen LogP contribution in [-0.2, 0) is 16.1 Å². The van der Waals surface area contributed by atoms with Crippen LogP contribution in [0.2, 0.25) is 0 Å². The number of rotatable bonds is 9. The SMILES string of the molecule is CC(CNC(=O)CCCNC(=O)OCc1ccccc1)c1ccccc1. The van der Waals surface area contributed by atoms with Gasteiger partial charge in [0.15, 0.2) is 0 Å². The first-order valence-corrected chi connectivity index (χ1v) is 8.91. The molecule has 0 radical (unpaired) electrons. The highest BCUT2D eigenvalue weighted by Gasteiger charge is 2.08. The maximum Gasteiger partial charge on any atom is 0.407 e. The molecule has 1 unspecified atom stereocenters. The van der Waals surface area contributed by atoms with E-state index in [1.54, 1.807) is 0 Å². The summed E-state index contributed by atoms with van der Waals surface area (Å²) in [5.41, 5.74) is 2.14. The summed E-state index contributed by atoms with van der Waals surface area (Å²) < 4.78 is 5.11. The number of alkyl carbamates (subject to hydrolysis) is 1. The second-order valence-corrected chi connectivity index (χ2v) is 6.21. The van der Waals surface area contributed by atoms with Crippen LogP contribution in [-0.4, -0.2) is 25.1 Å². The second-order valence-electron chi connectivity index (χ2n) is 6.21. The standard InChI is InChI=1S/C21H26N2O3/c1-17(19-11-6-3-7-12-19)15-23-20(24)13-8-14-22-21(25)26-16-18-9-4-2-5-10-18/h2-7,9-12,17H,8,13-16H2,1H3,(H,22,25)(H,23,24). The molecule has 0 saturated heterocycles. The Labute approximate surface area is 154 Å². The molecule has 138 valence electrons. The summed E-state index contributed by atoms with van der Waals surface area (Å²) in [6.45, 7) is 3.34. The van der Waals surface area contributed by atoms with Gasteiger partial charge in [-0.3, -0.25) is 4.79 Å². The van der Waals surface area contributed by atoms with Crippen LogP contribution in [0.1, 0.15) is 36.8 Å². The van der Waals surface area contributed by atoms with Gasteiger partial charge in [0.25, 0.3) is 0 Å². The van der Waals surface area contributed by atoms with Gasteiger partial charge in [0, 0.05) is 19.5 Å². The van der Waals surface area contributed by atoms with Crippen LogP contribution in [0, 0.1) is 0 Å². The molecule has 0 aliphatic carbocycles. The zero-order valence-electron chi connectivity index (χ0n) is 15.1. The molecular formula is C21H26N2O3. The molecule has 0 aliphatic heterocycles. The molecule has 0 bridgehead atoms. The summed E-state index contributed by atoms with van der Waals surface area (Å²) in [5.74, 6) is 0.262. The van der Waals surface area contributed by atoms with Gasteiger partial charge in [-0.2, -0.15) is 0 Å². The number of hydrogen-bond acceptors (Lipinski definition) is 3. The highest BCUT2D eigenvalue weighted by Crippen LogP contribution is 2.13. The molecule has 1 atom stereocenters. The molecule has 5 heteroatoms. The summed E-state index contributed by atoms with van der Waals surface area (Å²) in [4.78, 5) is 23.5. The van der Waals surface area contributed by atoms with E-state index in [2.05, 4.69) is 29.7 Å². The lowest BCUT2D eigenvalue weighted by atomic mass is 10.0. The lowest BCUT2D eigenvalue weighted by Crippen LogP contribution is -2.29. The highest BCUT2D eigenvalue weighted by molar-refractivity contribution is 5.76. The van der Waals surface area contributed by atoms with Crippen molar-refractivity contribution < 1.29 is 14.3 Å². The van der Waals surface area contributed by atoms with Gasteiger partial charge in [0.05, 0.1) is 0 Å². The number of carbonyl (C=O) groups is 2. The Balaban J connectivity index is 1.53. The molecule has 2 amide bonds. The molecule has 0 saturated carbocycles. The summed E-state index contributed by atoms with van der Waals surface area (Å²) in [6, 6.07) is 19.6. The average Bonchev–Trinajstić information content (AvgIpc) is 2.69. The largest absolute Gasteiger partial charge is 0.445 e.